The molecule has 0 spiro atoms. The zero-order chi connectivity index (χ0) is 16.6. The van der Waals surface area contributed by atoms with E-state index in [0.717, 1.165) is 0 Å². The van der Waals surface area contributed by atoms with E-state index in [1.54, 1.807) is 19.1 Å². The highest BCUT2D eigenvalue weighted by Crippen LogP contribution is 2.30. The normalized spacial score (nSPS) is 12.3. The molecule has 0 saturated heterocycles. The number of nitrogens with one attached hydrogen (secondary N) is 1. The fraction of sp³-hybridized carbons (Fsp3) is 0.133. The molecule has 3 rings (SSSR count). The number of fused-ring (bicyclic) bond motifs is 1. The van der Waals surface area contributed by atoms with Crippen LogP contribution < -0.4 is 11.1 Å². The maximum atomic E-state index is 14.7. The molecule has 1 unspecified atom stereocenters. The van der Waals surface area contributed by atoms with Gasteiger partial charge in [0, 0.05) is 23.2 Å². The second kappa shape index (κ2) is 6.04. The van der Waals surface area contributed by atoms with Crippen LogP contribution in [0.4, 0.5) is 20.4 Å². The highest BCUT2D eigenvalue weighted by Gasteiger charge is 2.21. The van der Waals surface area contributed by atoms with Crippen molar-refractivity contribution in [2.75, 3.05) is 11.1 Å². The Balaban J connectivity index is 2.04. The van der Waals surface area contributed by atoms with Crippen LogP contribution in [0.3, 0.4) is 0 Å². The summed E-state index contributed by atoms with van der Waals surface area (Å²) >= 11 is 3.18. The molecule has 0 aliphatic rings. The maximum absolute atomic E-state index is 14.7. The summed E-state index contributed by atoms with van der Waals surface area (Å²) < 4.78 is 29.4. The van der Waals surface area contributed by atoms with E-state index in [0.29, 0.717) is 4.60 Å². The predicted molar refractivity (Wildman–Crippen MR) is 87.8 cm³/mol. The summed E-state index contributed by atoms with van der Waals surface area (Å²) in [5, 5.41) is 3.14. The van der Waals surface area contributed by atoms with Crippen LogP contribution >= 0.6 is 15.9 Å². The summed E-state index contributed by atoms with van der Waals surface area (Å²) in [6.07, 6.45) is 2.92. The van der Waals surface area contributed by atoms with E-state index in [-0.39, 0.29) is 28.1 Å². The van der Waals surface area contributed by atoms with Crippen molar-refractivity contribution in [1.82, 2.24) is 15.0 Å². The number of anilines is 2. The molecule has 118 valence electrons. The quantitative estimate of drug-likeness (QED) is 0.723. The van der Waals surface area contributed by atoms with Gasteiger partial charge in [0.1, 0.15) is 16.2 Å². The third kappa shape index (κ3) is 2.94. The predicted octanol–water partition coefficient (Wildman–Crippen LogP) is 3.82. The molecule has 0 amide bonds. The van der Waals surface area contributed by atoms with Crippen LogP contribution in [0, 0.1) is 11.6 Å². The van der Waals surface area contributed by atoms with Crippen molar-refractivity contribution in [1.29, 1.82) is 0 Å². The van der Waals surface area contributed by atoms with Crippen LogP contribution in [0.25, 0.3) is 10.9 Å². The van der Waals surface area contributed by atoms with Gasteiger partial charge in [-0.15, -0.1) is 0 Å². The Morgan fingerprint density at radius 2 is 2.09 bits per heavy atom. The summed E-state index contributed by atoms with van der Waals surface area (Å²) in [6.45, 7) is 1.62. The van der Waals surface area contributed by atoms with E-state index in [1.807, 2.05) is 0 Å². The Morgan fingerprint density at radius 3 is 2.87 bits per heavy atom. The van der Waals surface area contributed by atoms with Crippen molar-refractivity contribution in [3.05, 3.63) is 52.4 Å². The first-order chi connectivity index (χ1) is 11.0. The Labute approximate surface area is 139 Å². The van der Waals surface area contributed by atoms with E-state index in [1.165, 1.54) is 18.5 Å². The SMILES string of the molecule is CC(Nc1nc(Br)cnc1N)c1c(F)cc2ncccc2c1F. The van der Waals surface area contributed by atoms with Crippen LogP contribution in [-0.2, 0) is 0 Å². The molecule has 3 aromatic rings. The van der Waals surface area contributed by atoms with Crippen LogP contribution in [0.2, 0.25) is 0 Å². The van der Waals surface area contributed by atoms with Gasteiger partial charge in [-0.25, -0.2) is 18.7 Å². The first-order valence-electron chi connectivity index (χ1n) is 6.74. The second-order valence-electron chi connectivity index (χ2n) is 4.95. The van der Waals surface area contributed by atoms with Gasteiger partial charge in [0.25, 0.3) is 0 Å². The summed E-state index contributed by atoms with van der Waals surface area (Å²) in [5.41, 5.74) is 5.89. The first kappa shape index (κ1) is 15.5. The zero-order valence-corrected chi connectivity index (χ0v) is 13.6. The van der Waals surface area contributed by atoms with Gasteiger partial charge >= 0.3 is 0 Å². The maximum Gasteiger partial charge on any atom is 0.170 e. The van der Waals surface area contributed by atoms with Crippen LogP contribution in [-0.4, -0.2) is 15.0 Å². The van der Waals surface area contributed by atoms with E-state index in [4.69, 9.17) is 5.73 Å². The fourth-order valence-corrected chi connectivity index (χ4v) is 2.60. The minimum Gasteiger partial charge on any atom is -0.381 e. The van der Waals surface area contributed by atoms with Crippen molar-refractivity contribution in [3.63, 3.8) is 0 Å². The lowest BCUT2D eigenvalue weighted by molar-refractivity contribution is 0.551. The van der Waals surface area contributed by atoms with Gasteiger partial charge in [-0.2, -0.15) is 0 Å². The molecule has 0 aliphatic heterocycles. The summed E-state index contributed by atoms with van der Waals surface area (Å²) in [4.78, 5) is 12.0. The molecule has 3 N–H and O–H groups in total. The average Bonchev–Trinajstić information content (AvgIpc) is 2.51. The number of hydrogen-bond acceptors (Lipinski definition) is 5. The number of nitrogens with zero attached hydrogens (tertiary/aromatic N) is 3. The lowest BCUT2D eigenvalue weighted by atomic mass is 10.0. The van der Waals surface area contributed by atoms with E-state index in [9.17, 15) is 8.78 Å². The Bertz CT molecular complexity index is 887. The molecule has 2 aromatic heterocycles. The minimum atomic E-state index is -0.703. The lowest BCUT2D eigenvalue weighted by Gasteiger charge is -2.18. The van der Waals surface area contributed by atoms with Crippen molar-refractivity contribution in [2.45, 2.75) is 13.0 Å². The Morgan fingerprint density at radius 1 is 1.30 bits per heavy atom. The summed E-state index contributed by atoms with van der Waals surface area (Å²) in [5.74, 6) is -0.954. The van der Waals surface area contributed by atoms with Gasteiger partial charge in [0.2, 0.25) is 0 Å². The molecule has 23 heavy (non-hydrogen) atoms. The molecule has 2 heterocycles. The Hall–Kier alpha value is -2.35. The van der Waals surface area contributed by atoms with Gasteiger partial charge < -0.3 is 11.1 Å². The molecule has 1 atom stereocenters. The summed E-state index contributed by atoms with van der Waals surface area (Å²) in [7, 11) is 0. The third-order valence-corrected chi connectivity index (χ3v) is 3.77. The van der Waals surface area contributed by atoms with Crippen LogP contribution in [0.5, 0.6) is 0 Å². The number of pyridine rings is 1. The van der Waals surface area contributed by atoms with E-state index >= 15 is 0 Å². The number of benzene rings is 1. The Kier molecular flexibility index (Phi) is 4.08. The number of aromatic nitrogens is 3. The number of rotatable bonds is 3. The standard InChI is InChI=1S/C15H12BrF2N5/c1-7(22-15-14(19)21-6-11(16)23-15)12-9(17)5-10-8(13(12)18)3-2-4-20-10/h2-7H,1H3,(H2,19,21)(H,22,23). The van der Waals surface area contributed by atoms with Gasteiger partial charge in [0.05, 0.1) is 17.8 Å². The topological polar surface area (TPSA) is 76.7 Å². The number of nitrogen functional groups attached to an aromatic ring is 1. The monoisotopic (exact) mass is 379 g/mol. The average molecular weight is 380 g/mol. The van der Waals surface area contributed by atoms with Gasteiger partial charge in [0.15, 0.2) is 11.6 Å². The van der Waals surface area contributed by atoms with Gasteiger partial charge in [-0.05, 0) is 35.0 Å². The number of hydrogen-bond donors (Lipinski definition) is 2. The van der Waals surface area contributed by atoms with Crippen LogP contribution in [0.15, 0.2) is 35.2 Å². The lowest BCUT2D eigenvalue weighted by Crippen LogP contribution is -2.14. The number of nitrogens with two attached hydrogens (primary N) is 1. The highest BCUT2D eigenvalue weighted by atomic mass is 79.9. The molecule has 0 aliphatic carbocycles. The molecule has 8 heteroatoms. The molecule has 0 bridgehead atoms. The molecule has 0 saturated carbocycles. The van der Waals surface area contributed by atoms with Gasteiger partial charge in [-0.3, -0.25) is 4.98 Å². The van der Waals surface area contributed by atoms with Crippen molar-refractivity contribution < 1.29 is 8.78 Å². The highest BCUT2D eigenvalue weighted by molar-refractivity contribution is 9.10. The van der Waals surface area contributed by atoms with Crippen molar-refractivity contribution in [3.8, 4) is 0 Å². The fourth-order valence-electron chi connectivity index (χ4n) is 2.32. The molecule has 1 aromatic carbocycles. The largest absolute Gasteiger partial charge is 0.381 e. The third-order valence-electron chi connectivity index (χ3n) is 3.39. The van der Waals surface area contributed by atoms with E-state index < -0.39 is 17.7 Å². The summed E-state index contributed by atoms with van der Waals surface area (Å²) in [6, 6.07) is 3.66. The number of halogens is 3. The molecule has 0 fully saturated rings. The molecule has 0 radical (unpaired) electrons. The van der Waals surface area contributed by atoms with Crippen molar-refractivity contribution in [2.24, 2.45) is 0 Å². The zero-order valence-electron chi connectivity index (χ0n) is 12.0. The molecular formula is C15H12BrF2N5. The smallest absolute Gasteiger partial charge is 0.170 e. The van der Waals surface area contributed by atoms with Gasteiger partial charge in [-0.1, -0.05) is 0 Å². The van der Waals surface area contributed by atoms with E-state index in [2.05, 4.69) is 36.2 Å². The van der Waals surface area contributed by atoms with Crippen molar-refractivity contribution >= 4 is 38.5 Å². The minimum absolute atomic E-state index is 0.105. The molecular weight excluding hydrogens is 368 g/mol. The van der Waals surface area contributed by atoms with Crippen LogP contribution in [0.1, 0.15) is 18.5 Å². The second-order valence-corrected chi connectivity index (χ2v) is 5.76. The first-order valence-corrected chi connectivity index (χ1v) is 7.54. The molecule has 5 nitrogen and oxygen atoms in total.